The van der Waals surface area contributed by atoms with Crippen LogP contribution in [0.3, 0.4) is 0 Å². The van der Waals surface area contributed by atoms with Gasteiger partial charge < -0.3 is 10.2 Å². The number of nitrogens with one attached hydrogen (secondary N) is 1. The SMILES string of the molecule is CC1CC(Nc2ccc(I)cc2Cl)CN1C. The standard InChI is InChI=1S/C12H16ClIN2/c1-8-5-10(7-16(8)2)15-12-4-3-9(14)6-11(12)13/h3-4,6,8,10,15H,5,7H2,1-2H3. The zero-order chi connectivity index (χ0) is 11.7. The number of hydrogen-bond donors (Lipinski definition) is 1. The lowest BCUT2D eigenvalue weighted by molar-refractivity contribution is 0.330. The number of anilines is 1. The molecule has 1 aromatic carbocycles. The van der Waals surface area contributed by atoms with Crippen molar-refractivity contribution in [2.75, 3.05) is 18.9 Å². The van der Waals surface area contributed by atoms with Crippen molar-refractivity contribution in [3.8, 4) is 0 Å². The summed E-state index contributed by atoms with van der Waals surface area (Å²) in [5, 5.41) is 4.33. The second-order valence-corrected chi connectivity index (χ2v) is 6.14. The first-order chi connectivity index (χ1) is 7.56. The molecule has 0 amide bonds. The first-order valence-corrected chi connectivity index (χ1v) is 6.94. The molecule has 1 N–H and O–H groups in total. The van der Waals surface area contributed by atoms with Gasteiger partial charge in [0.05, 0.1) is 10.7 Å². The number of hydrogen-bond acceptors (Lipinski definition) is 2. The van der Waals surface area contributed by atoms with Crippen LogP contribution in [0.1, 0.15) is 13.3 Å². The van der Waals surface area contributed by atoms with Crippen molar-refractivity contribution < 1.29 is 0 Å². The van der Waals surface area contributed by atoms with Gasteiger partial charge in [0.15, 0.2) is 0 Å². The average molecular weight is 351 g/mol. The van der Waals surface area contributed by atoms with Crippen molar-refractivity contribution in [2.24, 2.45) is 0 Å². The van der Waals surface area contributed by atoms with Gasteiger partial charge in [-0.2, -0.15) is 0 Å². The van der Waals surface area contributed by atoms with Crippen LogP contribution in [0.4, 0.5) is 5.69 Å². The van der Waals surface area contributed by atoms with Gasteiger partial charge in [-0.15, -0.1) is 0 Å². The van der Waals surface area contributed by atoms with Crippen LogP contribution in [0.2, 0.25) is 5.02 Å². The van der Waals surface area contributed by atoms with Gasteiger partial charge in [-0.1, -0.05) is 11.6 Å². The third kappa shape index (κ3) is 2.81. The molecule has 1 aliphatic rings. The molecule has 0 saturated carbocycles. The molecule has 16 heavy (non-hydrogen) atoms. The first kappa shape index (κ1) is 12.5. The van der Waals surface area contributed by atoms with Crippen LogP contribution >= 0.6 is 34.2 Å². The summed E-state index contributed by atoms with van der Waals surface area (Å²) < 4.78 is 1.17. The van der Waals surface area contributed by atoms with E-state index in [9.17, 15) is 0 Å². The Kier molecular flexibility index (Phi) is 3.97. The van der Waals surface area contributed by atoms with Gasteiger partial charge in [0, 0.05) is 22.2 Å². The summed E-state index contributed by atoms with van der Waals surface area (Å²) in [4.78, 5) is 2.37. The van der Waals surface area contributed by atoms with Crippen LogP contribution in [0.5, 0.6) is 0 Å². The van der Waals surface area contributed by atoms with Crippen molar-refractivity contribution in [3.05, 3.63) is 26.8 Å². The Morgan fingerprint density at radius 3 is 2.81 bits per heavy atom. The predicted molar refractivity (Wildman–Crippen MR) is 78.3 cm³/mol. The lowest BCUT2D eigenvalue weighted by Crippen LogP contribution is -2.24. The molecule has 2 unspecified atom stereocenters. The Bertz CT molecular complexity index is 373. The topological polar surface area (TPSA) is 15.3 Å². The van der Waals surface area contributed by atoms with Crippen molar-refractivity contribution in [3.63, 3.8) is 0 Å². The third-order valence-electron chi connectivity index (χ3n) is 3.18. The minimum Gasteiger partial charge on any atom is -0.380 e. The van der Waals surface area contributed by atoms with Crippen molar-refractivity contribution in [1.82, 2.24) is 4.90 Å². The van der Waals surface area contributed by atoms with Gasteiger partial charge in [0.1, 0.15) is 0 Å². The van der Waals surface area contributed by atoms with E-state index in [4.69, 9.17) is 11.6 Å². The molecule has 88 valence electrons. The highest BCUT2D eigenvalue weighted by Crippen LogP contribution is 2.27. The second kappa shape index (κ2) is 5.10. The molecule has 1 fully saturated rings. The largest absolute Gasteiger partial charge is 0.380 e. The summed E-state index contributed by atoms with van der Waals surface area (Å²) in [5.74, 6) is 0. The van der Waals surface area contributed by atoms with Crippen LogP contribution in [0.15, 0.2) is 18.2 Å². The highest BCUT2D eigenvalue weighted by molar-refractivity contribution is 14.1. The Morgan fingerprint density at radius 1 is 1.50 bits per heavy atom. The minimum absolute atomic E-state index is 0.512. The summed E-state index contributed by atoms with van der Waals surface area (Å²) in [6.45, 7) is 3.35. The molecular formula is C12H16ClIN2. The zero-order valence-corrected chi connectivity index (χ0v) is 12.4. The van der Waals surface area contributed by atoms with Crippen molar-refractivity contribution in [2.45, 2.75) is 25.4 Å². The molecular weight excluding hydrogens is 335 g/mol. The van der Waals surface area contributed by atoms with Crippen LogP contribution in [-0.2, 0) is 0 Å². The van der Waals surface area contributed by atoms with E-state index < -0.39 is 0 Å². The Balaban J connectivity index is 2.05. The minimum atomic E-state index is 0.512. The van der Waals surface area contributed by atoms with Crippen LogP contribution < -0.4 is 5.32 Å². The van der Waals surface area contributed by atoms with E-state index in [2.05, 4.69) is 58.9 Å². The Labute approximate surface area is 115 Å². The number of likely N-dealkylation sites (tertiary alicyclic amines) is 1. The van der Waals surface area contributed by atoms with Gasteiger partial charge >= 0.3 is 0 Å². The first-order valence-electron chi connectivity index (χ1n) is 5.48. The fraction of sp³-hybridized carbons (Fsp3) is 0.500. The zero-order valence-electron chi connectivity index (χ0n) is 9.50. The van der Waals surface area contributed by atoms with Gasteiger partial charge in [0.25, 0.3) is 0 Å². The molecule has 0 aliphatic carbocycles. The maximum absolute atomic E-state index is 6.20. The molecule has 2 atom stereocenters. The molecule has 4 heteroatoms. The smallest absolute Gasteiger partial charge is 0.0648 e. The van der Waals surface area contributed by atoms with Crippen LogP contribution in [0, 0.1) is 3.57 Å². The van der Waals surface area contributed by atoms with E-state index in [0.29, 0.717) is 12.1 Å². The van der Waals surface area contributed by atoms with E-state index in [-0.39, 0.29) is 0 Å². The van der Waals surface area contributed by atoms with Crippen molar-refractivity contribution in [1.29, 1.82) is 0 Å². The number of likely N-dealkylation sites (N-methyl/N-ethyl adjacent to an activating group) is 1. The molecule has 0 spiro atoms. The van der Waals surface area contributed by atoms with Crippen molar-refractivity contribution >= 4 is 39.9 Å². The lowest BCUT2D eigenvalue weighted by Gasteiger charge is -2.15. The molecule has 2 nitrogen and oxygen atoms in total. The van der Waals surface area contributed by atoms with E-state index in [1.54, 1.807) is 0 Å². The number of nitrogens with zero attached hydrogens (tertiary/aromatic N) is 1. The highest BCUT2D eigenvalue weighted by atomic mass is 127. The summed E-state index contributed by atoms with van der Waals surface area (Å²) in [6.07, 6.45) is 1.18. The molecule has 0 radical (unpaired) electrons. The van der Waals surface area contributed by atoms with E-state index >= 15 is 0 Å². The van der Waals surface area contributed by atoms with Crippen LogP contribution in [-0.4, -0.2) is 30.6 Å². The monoisotopic (exact) mass is 350 g/mol. The number of rotatable bonds is 2. The molecule has 0 bridgehead atoms. The molecule has 1 aromatic rings. The van der Waals surface area contributed by atoms with Gasteiger partial charge in [0.2, 0.25) is 0 Å². The number of halogens is 2. The highest BCUT2D eigenvalue weighted by Gasteiger charge is 2.26. The maximum Gasteiger partial charge on any atom is 0.0648 e. The quantitative estimate of drug-likeness (QED) is 0.822. The summed E-state index contributed by atoms with van der Waals surface area (Å²) in [5.41, 5.74) is 1.05. The van der Waals surface area contributed by atoms with Crippen LogP contribution in [0.25, 0.3) is 0 Å². The number of benzene rings is 1. The Hall–Kier alpha value is -0.000000000000000132. The lowest BCUT2D eigenvalue weighted by atomic mass is 10.2. The summed E-state index contributed by atoms with van der Waals surface area (Å²) in [6, 6.07) is 7.30. The summed E-state index contributed by atoms with van der Waals surface area (Å²) in [7, 11) is 2.17. The van der Waals surface area contributed by atoms with Gasteiger partial charge in [-0.3, -0.25) is 0 Å². The fourth-order valence-electron chi connectivity index (χ4n) is 2.12. The van der Waals surface area contributed by atoms with E-state index in [1.165, 1.54) is 9.99 Å². The average Bonchev–Trinajstić information content (AvgIpc) is 2.51. The summed E-state index contributed by atoms with van der Waals surface area (Å²) >= 11 is 8.47. The molecule has 1 saturated heterocycles. The second-order valence-electron chi connectivity index (χ2n) is 4.49. The molecule has 1 aliphatic heterocycles. The van der Waals surface area contributed by atoms with Gasteiger partial charge in [-0.25, -0.2) is 0 Å². The molecule has 1 heterocycles. The molecule has 0 aromatic heterocycles. The van der Waals surface area contributed by atoms with Gasteiger partial charge in [-0.05, 0) is 61.2 Å². The normalized spacial score (nSPS) is 26.0. The van der Waals surface area contributed by atoms with E-state index in [1.807, 2.05) is 6.07 Å². The maximum atomic E-state index is 6.20. The third-order valence-corrected chi connectivity index (χ3v) is 4.16. The predicted octanol–water partition coefficient (Wildman–Crippen LogP) is 3.45. The van der Waals surface area contributed by atoms with E-state index in [0.717, 1.165) is 17.3 Å². The Morgan fingerprint density at radius 2 is 2.25 bits per heavy atom. The fourth-order valence-corrected chi connectivity index (χ4v) is 3.04. The molecule has 2 rings (SSSR count).